The Morgan fingerprint density at radius 1 is 0.724 bits per heavy atom. The van der Waals surface area contributed by atoms with E-state index in [-0.39, 0.29) is 16.7 Å². The van der Waals surface area contributed by atoms with Crippen LogP contribution < -0.4 is 0 Å². The highest BCUT2D eigenvalue weighted by molar-refractivity contribution is 6.52. The Morgan fingerprint density at radius 3 is 1.41 bits per heavy atom. The summed E-state index contributed by atoms with van der Waals surface area (Å²) < 4.78 is 24.6. The number of ether oxygens (including phenoxy) is 4. The molecule has 0 aliphatic heterocycles. The van der Waals surface area contributed by atoms with Gasteiger partial charge in [-0.15, -0.1) is 5.72 Å². The lowest BCUT2D eigenvalue weighted by atomic mass is 9.47. The molecular formula is C21H43B4O4. The average molecular weight is 403 g/mol. The molecule has 163 valence electrons. The van der Waals surface area contributed by atoms with E-state index in [2.05, 4.69) is 56.1 Å². The van der Waals surface area contributed by atoms with Crippen LogP contribution in [-0.4, -0.2) is 79.7 Å². The maximum atomic E-state index is 6.32. The van der Waals surface area contributed by atoms with Crippen molar-refractivity contribution in [3.8, 4) is 0 Å². The lowest BCUT2D eigenvalue weighted by Crippen LogP contribution is -2.49. The summed E-state index contributed by atoms with van der Waals surface area (Å²) in [6.07, 6.45) is 1.90. The van der Waals surface area contributed by atoms with Gasteiger partial charge in [0.15, 0.2) is 14.6 Å². The molecule has 1 unspecified atom stereocenters. The molecule has 4 nitrogen and oxygen atoms in total. The third-order valence-corrected chi connectivity index (χ3v) is 4.76. The maximum Gasteiger partial charge on any atom is 0.152 e. The van der Waals surface area contributed by atoms with E-state index in [1.54, 1.807) is 7.11 Å². The second-order valence-electron chi connectivity index (χ2n) is 9.86. The number of hydrogen-bond acceptors (Lipinski definition) is 4. The smallest absolute Gasteiger partial charge is 0.152 e. The zero-order chi connectivity index (χ0) is 22.8. The summed E-state index contributed by atoms with van der Waals surface area (Å²) in [7, 11) is 14.0. The minimum atomic E-state index is -0.455. The normalized spacial score (nSPS) is 14.6. The zero-order valence-electron chi connectivity index (χ0n) is 20.8. The first-order chi connectivity index (χ1) is 13.2. The van der Waals surface area contributed by atoms with E-state index in [0.717, 1.165) is 12.6 Å². The molecule has 0 fully saturated rings. The lowest BCUT2D eigenvalue weighted by Gasteiger charge is -2.41. The molecule has 5 radical (unpaired) electrons. The van der Waals surface area contributed by atoms with E-state index in [9.17, 15) is 0 Å². The standard InChI is InChI=1S/C21H43B4O4/c1-11-23-18(4,5)27-14-21(13-26-10,15-28-19(6,7)24-12-2)16-29-20(8,9)25-17(3)22/h17H,11-16H2,1-10H3. The Balaban J connectivity index is 5.45. The van der Waals surface area contributed by atoms with Crippen molar-refractivity contribution in [2.24, 2.45) is 5.41 Å². The van der Waals surface area contributed by atoms with Crippen molar-refractivity contribution in [1.29, 1.82) is 0 Å². The Labute approximate surface area is 185 Å². The van der Waals surface area contributed by atoms with Gasteiger partial charge in [0.2, 0.25) is 0 Å². The second kappa shape index (κ2) is 12.8. The van der Waals surface area contributed by atoms with Crippen LogP contribution in [0.2, 0.25) is 18.4 Å². The Kier molecular flexibility index (Phi) is 12.9. The van der Waals surface area contributed by atoms with Crippen LogP contribution in [0.3, 0.4) is 0 Å². The first kappa shape index (κ1) is 29.1. The lowest BCUT2D eigenvalue weighted by molar-refractivity contribution is -0.142. The molecule has 0 spiro atoms. The average Bonchev–Trinajstić information content (AvgIpc) is 2.55. The van der Waals surface area contributed by atoms with Gasteiger partial charge in [0.1, 0.15) is 7.28 Å². The molecule has 0 aromatic heterocycles. The maximum absolute atomic E-state index is 6.32. The van der Waals surface area contributed by atoms with Crippen molar-refractivity contribution in [3.05, 3.63) is 0 Å². The van der Waals surface area contributed by atoms with Crippen LogP contribution in [0.25, 0.3) is 0 Å². The summed E-state index contributed by atoms with van der Waals surface area (Å²) in [5.74, 6) is 0. The van der Waals surface area contributed by atoms with E-state index in [4.69, 9.17) is 26.8 Å². The molecular weight excluding hydrogens is 359 g/mol. The molecule has 0 rings (SSSR count). The number of methoxy groups -OCH3 is 1. The van der Waals surface area contributed by atoms with Crippen molar-refractivity contribution in [2.45, 2.75) is 97.2 Å². The van der Waals surface area contributed by atoms with Crippen LogP contribution in [0.4, 0.5) is 0 Å². The van der Waals surface area contributed by atoms with Crippen LogP contribution in [0.15, 0.2) is 0 Å². The summed E-state index contributed by atoms with van der Waals surface area (Å²) in [5, 5.41) is 0. The monoisotopic (exact) mass is 403 g/mol. The van der Waals surface area contributed by atoms with E-state index >= 15 is 0 Å². The molecule has 0 bridgehead atoms. The largest absolute Gasteiger partial charge is 0.384 e. The molecule has 0 saturated heterocycles. The molecule has 0 heterocycles. The van der Waals surface area contributed by atoms with Gasteiger partial charge in [-0.2, -0.15) is 0 Å². The molecule has 0 aromatic carbocycles. The highest BCUT2D eigenvalue weighted by atomic mass is 16.5. The SMILES string of the molecule is [B]C(C)[B]C(C)(C)OCC(COC)(COC(C)(C)[B]CC)COC(C)(C)[B]CC. The molecule has 0 N–H and O–H groups in total. The van der Waals surface area contributed by atoms with Gasteiger partial charge in [-0.3, -0.25) is 0 Å². The summed E-state index contributed by atoms with van der Waals surface area (Å²) in [5.41, 5.74) is -1.59. The predicted octanol–water partition coefficient (Wildman–Crippen LogP) is 3.80. The molecule has 0 aliphatic carbocycles. The van der Waals surface area contributed by atoms with E-state index in [1.807, 2.05) is 28.1 Å². The van der Waals surface area contributed by atoms with Crippen molar-refractivity contribution in [2.75, 3.05) is 33.5 Å². The van der Waals surface area contributed by atoms with Gasteiger partial charge in [-0.25, -0.2) is 0 Å². The van der Waals surface area contributed by atoms with Gasteiger partial charge < -0.3 is 18.9 Å². The minimum absolute atomic E-state index is 0.0505. The molecule has 29 heavy (non-hydrogen) atoms. The molecule has 0 saturated carbocycles. The van der Waals surface area contributed by atoms with Crippen LogP contribution in [-0.2, 0) is 18.9 Å². The van der Waals surface area contributed by atoms with E-state index in [0.29, 0.717) is 26.4 Å². The second-order valence-corrected chi connectivity index (χ2v) is 9.86. The third kappa shape index (κ3) is 13.2. The fourth-order valence-electron chi connectivity index (χ4n) is 3.36. The number of rotatable bonds is 17. The van der Waals surface area contributed by atoms with Gasteiger partial charge in [-0.05, 0) is 41.5 Å². The fraction of sp³-hybridized carbons (Fsp3) is 1.00. The molecule has 0 amide bonds. The van der Waals surface area contributed by atoms with Crippen molar-refractivity contribution >= 4 is 29.7 Å². The van der Waals surface area contributed by atoms with Crippen LogP contribution >= 0.6 is 0 Å². The van der Waals surface area contributed by atoms with Gasteiger partial charge in [0.25, 0.3) is 0 Å². The summed E-state index contributed by atoms with van der Waals surface area (Å²) in [4.78, 5) is 0. The molecule has 1 atom stereocenters. The van der Waals surface area contributed by atoms with E-state index in [1.165, 1.54) is 0 Å². The van der Waals surface area contributed by atoms with Crippen molar-refractivity contribution < 1.29 is 18.9 Å². The first-order valence-electron chi connectivity index (χ1n) is 10.9. The Bertz CT molecular complexity index is 420. The van der Waals surface area contributed by atoms with Crippen LogP contribution in [0, 0.1) is 5.41 Å². The highest BCUT2D eigenvalue weighted by Crippen LogP contribution is 2.28. The summed E-state index contributed by atoms with van der Waals surface area (Å²) >= 11 is 0. The van der Waals surface area contributed by atoms with Crippen molar-refractivity contribution in [1.82, 2.24) is 0 Å². The summed E-state index contributed by atoms with van der Waals surface area (Å²) in [6, 6.07) is 0. The topological polar surface area (TPSA) is 36.9 Å². The zero-order valence-corrected chi connectivity index (χ0v) is 20.8. The van der Waals surface area contributed by atoms with Crippen LogP contribution in [0.1, 0.15) is 62.3 Å². The third-order valence-electron chi connectivity index (χ3n) is 4.76. The van der Waals surface area contributed by atoms with Crippen LogP contribution in [0.5, 0.6) is 0 Å². The quantitative estimate of drug-likeness (QED) is 0.347. The fourth-order valence-corrected chi connectivity index (χ4v) is 3.36. The molecule has 0 aliphatic rings. The Morgan fingerprint density at radius 2 is 1.10 bits per heavy atom. The minimum Gasteiger partial charge on any atom is -0.384 e. The predicted molar refractivity (Wildman–Crippen MR) is 128 cm³/mol. The van der Waals surface area contributed by atoms with Gasteiger partial charge in [0.05, 0.1) is 39.7 Å². The highest BCUT2D eigenvalue weighted by Gasteiger charge is 2.38. The first-order valence-corrected chi connectivity index (χ1v) is 10.9. The van der Waals surface area contributed by atoms with Gasteiger partial charge in [-0.1, -0.05) is 33.4 Å². The van der Waals surface area contributed by atoms with Gasteiger partial charge >= 0.3 is 0 Å². The van der Waals surface area contributed by atoms with E-state index < -0.39 is 10.9 Å². The van der Waals surface area contributed by atoms with Crippen molar-refractivity contribution in [3.63, 3.8) is 0 Å². The van der Waals surface area contributed by atoms with Gasteiger partial charge in [0, 0.05) is 23.6 Å². The molecule has 0 aromatic rings. The number of hydrogen-bond donors (Lipinski definition) is 0. The Hall–Kier alpha value is 0.0997. The summed E-state index contributed by atoms with van der Waals surface area (Å²) in [6.45, 7) is 20.4. The molecule has 8 heteroatoms.